The first-order chi connectivity index (χ1) is 9.25. The lowest BCUT2D eigenvalue weighted by Gasteiger charge is -2.29. The molecule has 0 amide bonds. The van der Waals surface area contributed by atoms with Crippen LogP contribution in [0, 0.1) is 5.92 Å². The van der Waals surface area contributed by atoms with Crippen LogP contribution in [0.25, 0.3) is 0 Å². The van der Waals surface area contributed by atoms with Crippen molar-refractivity contribution in [1.82, 2.24) is 0 Å². The lowest BCUT2D eigenvalue weighted by Crippen LogP contribution is -2.33. The number of hydrogen-bond acceptors (Lipinski definition) is 3. The van der Waals surface area contributed by atoms with E-state index in [1.165, 1.54) is 12.1 Å². The highest BCUT2D eigenvalue weighted by atomic mass is 31.0. The van der Waals surface area contributed by atoms with E-state index < -0.39 is 11.6 Å². The first kappa shape index (κ1) is 16.7. The van der Waals surface area contributed by atoms with Gasteiger partial charge in [0.05, 0.1) is 11.2 Å². The normalized spacial score (nSPS) is 12.6. The summed E-state index contributed by atoms with van der Waals surface area (Å²) >= 11 is 0. The molecule has 6 heteroatoms. The van der Waals surface area contributed by atoms with Crippen LogP contribution >= 0.6 is 9.12 Å². The summed E-state index contributed by atoms with van der Waals surface area (Å²) in [5, 5.41) is 8.96. The molecule has 1 aromatic rings. The molecule has 108 valence electrons. The Bertz CT molecular complexity index is 502. The Labute approximate surface area is 122 Å². The number of rotatable bonds is 7. The summed E-state index contributed by atoms with van der Waals surface area (Å²) < 4.78 is 5.84. The van der Waals surface area contributed by atoms with Crippen LogP contribution in [0.5, 0.6) is 5.75 Å². The van der Waals surface area contributed by atoms with Crippen LogP contribution in [0.3, 0.4) is 0 Å². The fraction of sp³-hybridized carbons (Fsp3) is 0.429. The fourth-order valence-electron chi connectivity index (χ4n) is 2.11. The van der Waals surface area contributed by atoms with Crippen molar-refractivity contribution in [3.63, 3.8) is 0 Å². The van der Waals surface area contributed by atoms with Crippen LogP contribution in [0.15, 0.2) is 24.3 Å². The predicted octanol–water partition coefficient (Wildman–Crippen LogP) is 2.32. The Hall–Kier alpha value is -1.35. The minimum atomic E-state index is -0.986. The Morgan fingerprint density at radius 1 is 1.45 bits per heavy atom. The third-order valence-corrected chi connectivity index (χ3v) is 3.43. The van der Waals surface area contributed by atoms with Crippen LogP contribution in [0.2, 0.25) is 0 Å². The van der Waals surface area contributed by atoms with Crippen LogP contribution in [0.1, 0.15) is 37.6 Å². The maximum absolute atomic E-state index is 11.6. The molecule has 1 rings (SSSR count). The number of carbonyl (C=O) groups is 2. The summed E-state index contributed by atoms with van der Waals surface area (Å²) in [7, 11) is 2.43. The van der Waals surface area contributed by atoms with Crippen molar-refractivity contribution in [1.29, 1.82) is 0 Å². The molecule has 20 heavy (non-hydrogen) atoms. The van der Waals surface area contributed by atoms with Crippen LogP contribution < -0.4 is 4.74 Å². The third-order valence-electron chi connectivity index (χ3n) is 3.02. The van der Waals surface area contributed by atoms with Gasteiger partial charge in [0, 0.05) is 5.92 Å². The van der Waals surface area contributed by atoms with Gasteiger partial charge in [0.2, 0.25) is 7.00 Å². The van der Waals surface area contributed by atoms with Gasteiger partial charge in [-0.1, -0.05) is 13.0 Å². The molecule has 0 aliphatic carbocycles. The molecule has 1 aromatic carbocycles. The minimum Gasteiger partial charge on any atom is -0.488 e. The first-order valence-electron chi connectivity index (χ1n) is 6.50. The van der Waals surface area contributed by atoms with E-state index in [1.54, 1.807) is 12.1 Å². The number of carboxylic acids is 1. The standard InChI is InChI=1S/C14H20BO4P/c1-9(12(16)15-20)8-14(2,3)19-11-6-4-5-10(7-11)13(17)18/h4-7,9,15H,8,20H2,1-3H3,(H,17,18). The molecule has 0 aliphatic rings. The molecule has 4 nitrogen and oxygen atoms in total. The maximum Gasteiger partial charge on any atom is 0.335 e. The molecule has 0 aromatic heterocycles. The van der Waals surface area contributed by atoms with Gasteiger partial charge in [0.1, 0.15) is 11.4 Å². The van der Waals surface area contributed by atoms with E-state index in [0.717, 1.165) is 0 Å². The zero-order chi connectivity index (χ0) is 15.3. The van der Waals surface area contributed by atoms with Crippen molar-refractivity contribution in [2.45, 2.75) is 32.8 Å². The van der Waals surface area contributed by atoms with Crippen molar-refractivity contribution in [3.8, 4) is 5.75 Å². The zero-order valence-electron chi connectivity index (χ0n) is 12.1. The molecule has 0 heterocycles. The molecule has 0 aliphatic heterocycles. The van der Waals surface area contributed by atoms with E-state index in [2.05, 4.69) is 9.12 Å². The van der Waals surface area contributed by atoms with Crippen molar-refractivity contribution in [3.05, 3.63) is 29.8 Å². The Kier molecular flexibility index (Phi) is 5.76. The van der Waals surface area contributed by atoms with E-state index in [4.69, 9.17) is 9.84 Å². The lowest BCUT2D eigenvalue weighted by atomic mass is 9.82. The summed E-state index contributed by atoms with van der Waals surface area (Å²) in [5.74, 6) is -0.578. The largest absolute Gasteiger partial charge is 0.488 e. The van der Waals surface area contributed by atoms with Crippen LogP contribution in [-0.2, 0) is 4.79 Å². The van der Waals surface area contributed by atoms with E-state index in [9.17, 15) is 9.59 Å². The Morgan fingerprint density at radius 3 is 2.65 bits per heavy atom. The van der Waals surface area contributed by atoms with Gasteiger partial charge in [-0.3, -0.25) is 0 Å². The van der Waals surface area contributed by atoms with Crippen LogP contribution in [0.4, 0.5) is 0 Å². The average Bonchev–Trinajstić information content (AvgIpc) is 2.36. The van der Waals surface area contributed by atoms with Gasteiger partial charge in [0.25, 0.3) is 0 Å². The molecule has 0 saturated heterocycles. The topological polar surface area (TPSA) is 63.6 Å². The molecule has 0 fully saturated rings. The second kappa shape index (κ2) is 6.89. The summed E-state index contributed by atoms with van der Waals surface area (Å²) in [6.45, 7) is 6.11. The minimum absolute atomic E-state index is 0.0924. The molecule has 0 saturated carbocycles. The van der Waals surface area contributed by atoms with E-state index in [0.29, 0.717) is 19.2 Å². The lowest BCUT2D eigenvalue weighted by molar-refractivity contribution is -0.116. The van der Waals surface area contributed by atoms with Gasteiger partial charge in [-0.05, 0) is 38.5 Å². The molecular formula is C14H20BO4P. The SMILES string of the molecule is CC(CC(C)(C)Oc1cccc(C(=O)O)c1)C(=O)BP. The first-order valence-corrected chi connectivity index (χ1v) is 7.32. The third kappa shape index (κ3) is 4.97. The summed E-state index contributed by atoms with van der Waals surface area (Å²) in [6.07, 6.45) is 0.581. The molecular weight excluding hydrogens is 274 g/mol. The van der Waals surface area contributed by atoms with Gasteiger partial charge in [-0.2, -0.15) is 9.12 Å². The van der Waals surface area contributed by atoms with E-state index in [-0.39, 0.29) is 17.2 Å². The highest BCUT2D eigenvalue weighted by molar-refractivity contribution is 7.62. The molecule has 0 radical (unpaired) electrons. The summed E-state index contributed by atoms with van der Waals surface area (Å²) in [6, 6.07) is 6.37. The zero-order valence-corrected chi connectivity index (χ0v) is 13.2. The number of carbonyl (C=O) groups excluding carboxylic acids is 1. The summed E-state index contributed by atoms with van der Waals surface area (Å²) in [5.41, 5.74) is -0.176. The molecule has 0 bridgehead atoms. The van der Waals surface area contributed by atoms with Crippen LogP contribution in [-0.4, -0.2) is 29.4 Å². The van der Waals surface area contributed by atoms with Crippen molar-refractivity contribution in [2.24, 2.45) is 5.92 Å². The summed E-state index contributed by atoms with van der Waals surface area (Å²) in [4.78, 5) is 22.6. The fourth-order valence-corrected chi connectivity index (χ4v) is 2.51. The second-order valence-corrected chi connectivity index (χ2v) is 5.88. The predicted molar refractivity (Wildman–Crippen MR) is 83.8 cm³/mol. The van der Waals surface area contributed by atoms with Crippen molar-refractivity contribution >= 4 is 27.8 Å². The van der Waals surface area contributed by atoms with E-state index >= 15 is 0 Å². The van der Waals surface area contributed by atoms with Gasteiger partial charge in [-0.15, -0.1) is 0 Å². The van der Waals surface area contributed by atoms with E-state index in [1.807, 2.05) is 20.8 Å². The molecule has 2 unspecified atom stereocenters. The highest BCUT2D eigenvalue weighted by Gasteiger charge is 2.26. The van der Waals surface area contributed by atoms with Gasteiger partial charge in [0.15, 0.2) is 0 Å². The number of aromatic carboxylic acids is 1. The molecule has 0 spiro atoms. The second-order valence-electron chi connectivity index (χ2n) is 5.47. The van der Waals surface area contributed by atoms with Crippen molar-refractivity contribution in [2.75, 3.05) is 0 Å². The van der Waals surface area contributed by atoms with Gasteiger partial charge in [-0.25, -0.2) is 4.79 Å². The number of benzene rings is 1. The smallest absolute Gasteiger partial charge is 0.335 e. The number of hydrogen-bond donors (Lipinski definition) is 1. The Balaban J connectivity index is 2.77. The Morgan fingerprint density at radius 2 is 2.10 bits per heavy atom. The van der Waals surface area contributed by atoms with Crippen molar-refractivity contribution < 1.29 is 19.4 Å². The highest BCUT2D eigenvalue weighted by Crippen LogP contribution is 2.25. The maximum atomic E-state index is 11.6. The molecule has 1 N–H and O–H groups in total. The monoisotopic (exact) mass is 294 g/mol. The van der Waals surface area contributed by atoms with Gasteiger partial charge >= 0.3 is 5.97 Å². The average molecular weight is 294 g/mol. The number of ether oxygens (including phenoxy) is 1. The van der Waals surface area contributed by atoms with Gasteiger partial charge < -0.3 is 14.6 Å². The number of carboxylic acid groups (broad SMARTS) is 1. The molecule has 2 atom stereocenters. The quantitative estimate of drug-likeness (QED) is 0.619.